The zero-order chi connectivity index (χ0) is 9.84. The Hall–Kier alpha value is -1.38. The van der Waals surface area contributed by atoms with Crippen LogP contribution in [0.15, 0.2) is 18.2 Å². The minimum absolute atomic E-state index is 0.158. The maximum atomic E-state index is 13.3. The van der Waals surface area contributed by atoms with Gasteiger partial charge in [-0.3, -0.25) is 4.79 Å². The largest absolute Gasteiger partial charge is 0.329 e. The molecule has 70 valence electrons. The summed E-state index contributed by atoms with van der Waals surface area (Å²) in [6.45, 7) is 3.84. The fourth-order valence-electron chi connectivity index (χ4n) is 1.15. The molecular formula is C10H12FNO. The highest BCUT2D eigenvalue weighted by atomic mass is 19.1. The van der Waals surface area contributed by atoms with Gasteiger partial charge in [-0.1, -0.05) is 19.9 Å². The van der Waals surface area contributed by atoms with E-state index in [1.54, 1.807) is 12.1 Å². The second-order valence-corrected chi connectivity index (χ2v) is 3.15. The summed E-state index contributed by atoms with van der Waals surface area (Å²) in [5.41, 5.74) is 1.15. The number of rotatable bonds is 3. The van der Waals surface area contributed by atoms with Crippen LogP contribution >= 0.6 is 0 Å². The fraction of sp³-hybridized carbons (Fsp3) is 0.300. The minimum Gasteiger partial charge on any atom is -0.329 e. The van der Waals surface area contributed by atoms with Crippen LogP contribution in [0.5, 0.6) is 0 Å². The van der Waals surface area contributed by atoms with Crippen molar-refractivity contribution in [1.82, 2.24) is 0 Å². The quantitative estimate of drug-likeness (QED) is 0.713. The summed E-state index contributed by atoms with van der Waals surface area (Å²) in [7, 11) is 0. The summed E-state index contributed by atoms with van der Waals surface area (Å²) in [4.78, 5) is 10.1. The molecule has 0 spiro atoms. The normalized spacial score (nSPS) is 10.2. The van der Waals surface area contributed by atoms with Crippen LogP contribution in [0.3, 0.4) is 0 Å². The van der Waals surface area contributed by atoms with Crippen LogP contribution in [0, 0.1) is 5.82 Å². The van der Waals surface area contributed by atoms with E-state index in [0.717, 1.165) is 0 Å². The average Bonchev–Trinajstić information content (AvgIpc) is 2.04. The Morgan fingerprint density at radius 3 is 2.62 bits per heavy atom. The van der Waals surface area contributed by atoms with Gasteiger partial charge in [-0.15, -0.1) is 0 Å². The number of hydrogen-bond acceptors (Lipinski definition) is 1. The van der Waals surface area contributed by atoms with Gasteiger partial charge in [0.05, 0.1) is 0 Å². The lowest BCUT2D eigenvalue weighted by molar-refractivity contribution is -0.105. The monoisotopic (exact) mass is 181 g/mol. The minimum atomic E-state index is -0.276. The Morgan fingerprint density at radius 1 is 1.46 bits per heavy atom. The van der Waals surface area contributed by atoms with Gasteiger partial charge < -0.3 is 5.32 Å². The summed E-state index contributed by atoms with van der Waals surface area (Å²) >= 11 is 0. The lowest BCUT2D eigenvalue weighted by Gasteiger charge is -2.07. The Balaban J connectivity index is 2.98. The zero-order valence-electron chi connectivity index (χ0n) is 7.67. The first-order valence-corrected chi connectivity index (χ1v) is 4.14. The van der Waals surface area contributed by atoms with E-state index < -0.39 is 0 Å². The number of carbonyl (C=O) groups excluding carboxylic acids is 1. The van der Waals surface area contributed by atoms with Crippen LogP contribution in [0.2, 0.25) is 0 Å². The molecule has 3 heteroatoms. The molecule has 0 unspecified atom stereocenters. The Labute approximate surface area is 76.8 Å². The molecule has 0 aliphatic carbocycles. The molecule has 0 bridgehead atoms. The van der Waals surface area contributed by atoms with Crippen LogP contribution in [-0.4, -0.2) is 6.41 Å². The van der Waals surface area contributed by atoms with Gasteiger partial charge in [-0.2, -0.15) is 0 Å². The number of benzene rings is 1. The van der Waals surface area contributed by atoms with Crippen molar-refractivity contribution in [1.29, 1.82) is 0 Å². The molecule has 13 heavy (non-hydrogen) atoms. The topological polar surface area (TPSA) is 29.1 Å². The lowest BCUT2D eigenvalue weighted by atomic mass is 10.0. The van der Waals surface area contributed by atoms with Crippen molar-refractivity contribution in [2.75, 3.05) is 5.32 Å². The highest BCUT2D eigenvalue weighted by Gasteiger charge is 2.06. The first-order valence-electron chi connectivity index (χ1n) is 4.14. The van der Waals surface area contributed by atoms with Gasteiger partial charge in [0.1, 0.15) is 5.82 Å². The summed E-state index contributed by atoms with van der Waals surface area (Å²) < 4.78 is 13.3. The van der Waals surface area contributed by atoms with E-state index in [0.29, 0.717) is 17.7 Å². The van der Waals surface area contributed by atoms with Crippen molar-refractivity contribution in [3.05, 3.63) is 29.6 Å². The molecule has 1 aromatic carbocycles. The first kappa shape index (κ1) is 9.71. The molecule has 0 radical (unpaired) electrons. The predicted molar refractivity (Wildman–Crippen MR) is 50.2 cm³/mol. The van der Waals surface area contributed by atoms with E-state index in [2.05, 4.69) is 5.32 Å². The smallest absolute Gasteiger partial charge is 0.211 e. The summed E-state index contributed by atoms with van der Waals surface area (Å²) in [6, 6.07) is 4.70. The molecule has 0 aliphatic heterocycles. The molecule has 1 rings (SSSR count). The second-order valence-electron chi connectivity index (χ2n) is 3.15. The maximum Gasteiger partial charge on any atom is 0.211 e. The molecule has 0 saturated carbocycles. The average molecular weight is 181 g/mol. The SMILES string of the molecule is CC(C)c1ccc(NC=O)cc1F. The van der Waals surface area contributed by atoms with E-state index in [1.165, 1.54) is 6.07 Å². The van der Waals surface area contributed by atoms with E-state index in [-0.39, 0.29) is 11.7 Å². The molecule has 1 amide bonds. The molecule has 0 aliphatic rings. The van der Waals surface area contributed by atoms with Crippen LogP contribution < -0.4 is 5.32 Å². The van der Waals surface area contributed by atoms with Crippen LogP contribution in [0.25, 0.3) is 0 Å². The summed E-state index contributed by atoms with van der Waals surface area (Å²) in [5.74, 6) is -0.118. The third kappa shape index (κ3) is 2.28. The Morgan fingerprint density at radius 2 is 2.15 bits per heavy atom. The Kier molecular flexibility index (Phi) is 3.01. The maximum absolute atomic E-state index is 13.3. The van der Waals surface area contributed by atoms with Gasteiger partial charge in [0.25, 0.3) is 0 Å². The second kappa shape index (κ2) is 4.03. The highest BCUT2D eigenvalue weighted by Crippen LogP contribution is 2.21. The van der Waals surface area contributed by atoms with Gasteiger partial charge in [0, 0.05) is 5.69 Å². The highest BCUT2D eigenvalue weighted by molar-refractivity contribution is 5.71. The van der Waals surface area contributed by atoms with E-state index in [1.807, 2.05) is 13.8 Å². The molecule has 0 atom stereocenters. The van der Waals surface area contributed by atoms with Gasteiger partial charge >= 0.3 is 0 Å². The lowest BCUT2D eigenvalue weighted by Crippen LogP contribution is -1.97. The molecule has 2 nitrogen and oxygen atoms in total. The first-order chi connectivity index (χ1) is 6.15. The number of nitrogens with one attached hydrogen (secondary N) is 1. The standard InChI is InChI=1S/C10H12FNO/c1-7(2)9-4-3-8(12-6-13)5-10(9)11/h3-7H,1-2H3,(H,12,13). The summed E-state index contributed by atoms with van der Waals surface area (Å²) in [6.07, 6.45) is 0.532. The zero-order valence-corrected chi connectivity index (χ0v) is 7.67. The van der Waals surface area contributed by atoms with Crippen LogP contribution in [0.1, 0.15) is 25.3 Å². The number of anilines is 1. The van der Waals surface area contributed by atoms with Gasteiger partial charge in [-0.05, 0) is 23.6 Å². The van der Waals surface area contributed by atoms with Gasteiger partial charge in [0.15, 0.2) is 0 Å². The van der Waals surface area contributed by atoms with E-state index in [4.69, 9.17) is 0 Å². The van der Waals surface area contributed by atoms with Crippen molar-refractivity contribution in [3.8, 4) is 0 Å². The van der Waals surface area contributed by atoms with Gasteiger partial charge in [-0.25, -0.2) is 4.39 Å². The number of halogens is 1. The Bertz CT molecular complexity index is 310. The molecular weight excluding hydrogens is 169 g/mol. The number of carbonyl (C=O) groups is 1. The fourth-order valence-corrected chi connectivity index (χ4v) is 1.15. The molecule has 0 aromatic heterocycles. The molecule has 0 saturated heterocycles. The van der Waals surface area contributed by atoms with E-state index >= 15 is 0 Å². The van der Waals surface area contributed by atoms with Crippen molar-refractivity contribution in [2.24, 2.45) is 0 Å². The molecule has 1 aromatic rings. The van der Waals surface area contributed by atoms with E-state index in [9.17, 15) is 9.18 Å². The predicted octanol–water partition coefficient (Wildman–Crippen LogP) is 2.52. The van der Waals surface area contributed by atoms with Gasteiger partial charge in [0.2, 0.25) is 6.41 Å². The third-order valence-electron chi connectivity index (χ3n) is 1.85. The summed E-state index contributed by atoms with van der Waals surface area (Å²) in [5, 5.41) is 2.39. The van der Waals surface area contributed by atoms with Crippen molar-refractivity contribution in [3.63, 3.8) is 0 Å². The number of hydrogen-bond donors (Lipinski definition) is 1. The number of amides is 1. The van der Waals surface area contributed by atoms with Crippen molar-refractivity contribution >= 4 is 12.1 Å². The van der Waals surface area contributed by atoms with Crippen molar-refractivity contribution < 1.29 is 9.18 Å². The van der Waals surface area contributed by atoms with Crippen molar-refractivity contribution in [2.45, 2.75) is 19.8 Å². The van der Waals surface area contributed by atoms with Crippen LogP contribution in [0.4, 0.5) is 10.1 Å². The molecule has 0 fully saturated rings. The molecule has 1 N–H and O–H groups in total. The van der Waals surface area contributed by atoms with Crippen LogP contribution in [-0.2, 0) is 4.79 Å². The third-order valence-corrected chi connectivity index (χ3v) is 1.85. The molecule has 0 heterocycles.